The highest BCUT2D eigenvalue weighted by molar-refractivity contribution is 5.96. The molecule has 1 amide bonds. The lowest BCUT2D eigenvalue weighted by Gasteiger charge is -2.05. The Hall–Kier alpha value is -2.37. The van der Waals surface area contributed by atoms with Crippen molar-refractivity contribution in [1.29, 1.82) is 0 Å². The predicted octanol–water partition coefficient (Wildman–Crippen LogP) is 1.18. The van der Waals surface area contributed by atoms with Gasteiger partial charge in [0.15, 0.2) is 0 Å². The molecule has 17 heavy (non-hydrogen) atoms. The van der Waals surface area contributed by atoms with Gasteiger partial charge in [-0.3, -0.25) is 4.79 Å². The van der Waals surface area contributed by atoms with Crippen molar-refractivity contribution >= 4 is 5.91 Å². The number of halogens is 1. The third-order valence-electron chi connectivity index (χ3n) is 2.20. The number of hydrogen-bond acceptors (Lipinski definition) is 3. The summed E-state index contributed by atoms with van der Waals surface area (Å²) in [5.41, 5.74) is 0.624. The second-order valence-electron chi connectivity index (χ2n) is 3.42. The number of carbonyl (C=O) groups excluding carboxylic acids is 1. The van der Waals surface area contributed by atoms with Gasteiger partial charge >= 0.3 is 0 Å². The zero-order valence-electron chi connectivity index (χ0n) is 8.77. The lowest BCUT2D eigenvalue weighted by Crippen LogP contribution is -2.23. The number of aromatic amines is 1. The van der Waals surface area contributed by atoms with Gasteiger partial charge in [0, 0.05) is 6.20 Å². The molecule has 0 radical (unpaired) electrons. The molecule has 0 aliphatic carbocycles. The Labute approximate surface area is 96.3 Å². The van der Waals surface area contributed by atoms with Crippen LogP contribution in [-0.4, -0.2) is 21.0 Å². The van der Waals surface area contributed by atoms with Crippen molar-refractivity contribution in [1.82, 2.24) is 15.3 Å². The quantitative estimate of drug-likeness (QED) is 0.747. The molecule has 2 rings (SSSR count). The van der Waals surface area contributed by atoms with Crippen LogP contribution in [0.2, 0.25) is 0 Å². The first kappa shape index (κ1) is 11.1. The van der Waals surface area contributed by atoms with E-state index in [2.05, 4.69) is 15.3 Å². The number of phenols is 1. The number of nitrogens with zero attached hydrogens (tertiary/aromatic N) is 1. The van der Waals surface area contributed by atoms with Crippen LogP contribution in [0.3, 0.4) is 0 Å². The molecule has 0 aliphatic rings. The number of aromatic hydroxyl groups is 1. The Balaban J connectivity index is 2.07. The minimum Gasteiger partial charge on any atom is -0.507 e. The van der Waals surface area contributed by atoms with Crippen molar-refractivity contribution in [2.75, 3.05) is 0 Å². The van der Waals surface area contributed by atoms with Gasteiger partial charge in [-0.15, -0.1) is 0 Å². The summed E-state index contributed by atoms with van der Waals surface area (Å²) >= 11 is 0. The Morgan fingerprint density at radius 2 is 2.35 bits per heavy atom. The molecule has 5 nitrogen and oxygen atoms in total. The minimum absolute atomic E-state index is 0.0930. The third-order valence-corrected chi connectivity index (χ3v) is 2.20. The topological polar surface area (TPSA) is 78.0 Å². The van der Waals surface area contributed by atoms with Crippen LogP contribution in [0, 0.1) is 5.82 Å². The van der Waals surface area contributed by atoms with Crippen molar-refractivity contribution in [2.45, 2.75) is 6.54 Å². The van der Waals surface area contributed by atoms with Crippen LogP contribution in [0.5, 0.6) is 5.75 Å². The molecule has 6 heteroatoms. The number of aromatic nitrogens is 2. The van der Waals surface area contributed by atoms with Crippen LogP contribution in [0.4, 0.5) is 4.39 Å². The average molecular weight is 235 g/mol. The normalized spacial score (nSPS) is 10.2. The summed E-state index contributed by atoms with van der Waals surface area (Å²) in [6.45, 7) is 0.231. The first-order chi connectivity index (χ1) is 8.16. The van der Waals surface area contributed by atoms with Gasteiger partial charge in [-0.1, -0.05) is 0 Å². The molecular weight excluding hydrogens is 225 g/mol. The standard InChI is InChI=1S/C11H10FN3O2/c12-7-1-2-10(16)9(3-7)11(17)14-5-8-4-13-6-15-8/h1-4,6,16H,5H2,(H,13,15)(H,14,17). The Morgan fingerprint density at radius 3 is 3.06 bits per heavy atom. The van der Waals surface area contributed by atoms with E-state index in [1.807, 2.05) is 0 Å². The van der Waals surface area contributed by atoms with Crippen LogP contribution in [0.25, 0.3) is 0 Å². The highest BCUT2D eigenvalue weighted by Gasteiger charge is 2.11. The van der Waals surface area contributed by atoms with Crippen molar-refractivity contribution < 1.29 is 14.3 Å². The number of amides is 1. The first-order valence-electron chi connectivity index (χ1n) is 4.91. The summed E-state index contributed by atoms with van der Waals surface area (Å²) in [5, 5.41) is 11.9. The van der Waals surface area contributed by atoms with E-state index < -0.39 is 11.7 Å². The van der Waals surface area contributed by atoms with Crippen LogP contribution >= 0.6 is 0 Å². The van der Waals surface area contributed by atoms with E-state index in [-0.39, 0.29) is 17.9 Å². The third kappa shape index (κ3) is 2.60. The van der Waals surface area contributed by atoms with E-state index in [1.54, 1.807) is 6.20 Å². The van der Waals surface area contributed by atoms with Gasteiger partial charge in [0.1, 0.15) is 11.6 Å². The maximum atomic E-state index is 12.9. The molecule has 0 saturated heterocycles. The van der Waals surface area contributed by atoms with Crippen molar-refractivity contribution in [2.24, 2.45) is 0 Å². The Bertz CT molecular complexity index is 526. The summed E-state index contributed by atoms with van der Waals surface area (Å²) in [4.78, 5) is 18.2. The van der Waals surface area contributed by atoms with Gasteiger partial charge in [-0.25, -0.2) is 9.37 Å². The molecule has 0 fully saturated rings. The number of H-pyrrole nitrogens is 1. The summed E-state index contributed by atoms with van der Waals surface area (Å²) in [6, 6.07) is 3.21. The van der Waals surface area contributed by atoms with Gasteiger partial charge in [0.2, 0.25) is 0 Å². The molecule has 0 bridgehead atoms. The largest absolute Gasteiger partial charge is 0.507 e. The summed E-state index contributed by atoms with van der Waals surface area (Å²) in [5.74, 6) is -1.38. The van der Waals surface area contributed by atoms with Gasteiger partial charge in [-0.2, -0.15) is 0 Å². The van der Waals surface area contributed by atoms with E-state index in [0.717, 1.165) is 18.2 Å². The number of benzene rings is 1. The molecule has 1 aromatic carbocycles. The van der Waals surface area contributed by atoms with Gasteiger partial charge in [0.05, 0.1) is 24.1 Å². The Morgan fingerprint density at radius 1 is 1.53 bits per heavy atom. The zero-order valence-corrected chi connectivity index (χ0v) is 8.77. The zero-order chi connectivity index (χ0) is 12.3. The monoisotopic (exact) mass is 235 g/mol. The fourth-order valence-electron chi connectivity index (χ4n) is 1.34. The summed E-state index contributed by atoms with van der Waals surface area (Å²) in [6.07, 6.45) is 3.05. The maximum absolute atomic E-state index is 12.9. The number of phenolic OH excluding ortho intramolecular Hbond substituents is 1. The van der Waals surface area contributed by atoms with E-state index in [9.17, 15) is 14.3 Å². The second kappa shape index (κ2) is 4.65. The second-order valence-corrected chi connectivity index (χ2v) is 3.42. The number of carbonyl (C=O) groups is 1. The van der Waals surface area contributed by atoms with Crippen LogP contribution in [-0.2, 0) is 6.54 Å². The molecule has 0 atom stereocenters. The molecule has 0 spiro atoms. The molecule has 1 heterocycles. The minimum atomic E-state index is -0.575. The maximum Gasteiger partial charge on any atom is 0.255 e. The van der Waals surface area contributed by atoms with Gasteiger partial charge in [-0.05, 0) is 18.2 Å². The SMILES string of the molecule is O=C(NCc1cnc[nH]1)c1cc(F)ccc1O. The fourth-order valence-corrected chi connectivity index (χ4v) is 1.34. The van der Waals surface area contributed by atoms with Gasteiger partial charge < -0.3 is 15.4 Å². The smallest absolute Gasteiger partial charge is 0.255 e. The summed E-state index contributed by atoms with van der Waals surface area (Å²) < 4.78 is 12.9. The van der Waals surface area contributed by atoms with Crippen molar-refractivity contribution in [3.63, 3.8) is 0 Å². The molecule has 3 N–H and O–H groups in total. The van der Waals surface area contributed by atoms with E-state index >= 15 is 0 Å². The fraction of sp³-hybridized carbons (Fsp3) is 0.0909. The first-order valence-corrected chi connectivity index (χ1v) is 4.91. The summed E-state index contributed by atoms with van der Waals surface area (Å²) in [7, 11) is 0. The molecule has 88 valence electrons. The van der Waals surface area contributed by atoms with E-state index in [1.165, 1.54) is 6.33 Å². The van der Waals surface area contributed by atoms with Crippen LogP contribution < -0.4 is 5.32 Å². The molecule has 0 aliphatic heterocycles. The lowest BCUT2D eigenvalue weighted by atomic mass is 10.2. The van der Waals surface area contributed by atoms with E-state index in [4.69, 9.17) is 0 Å². The average Bonchev–Trinajstić information content (AvgIpc) is 2.82. The van der Waals surface area contributed by atoms with Crippen molar-refractivity contribution in [3.05, 3.63) is 47.8 Å². The number of nitrogens with one attached hydrogen (secondary N) is 2. The molecular formula is C11H10FN3O2. The number of rotatable bonds is 3. The molecule has 1 aromatic heterocycles. The highest BCUT2D eigenvalue weighted by Crippen LogP contribution is 2.17. The molecule has 0 saturated carbocycles. The lowest BCUT2D eigenvalue weighted by molar-refractivity contribution is 0.0947. The van der Waals surface area contributed by atoms with Crippen molar-refractivity contribution in [3.8, 4) is 5.75 Å². The van der Waals surface area contributed by atoms with Crippen LogP contribution in [0.1, 0.15) is 16.1 Å². The molecule has 0 unspecified atom stereocenters. The number of imidazole rings is 1. The van der Waals surface area contributed by atoms with Gasteiger partial charge in [0.25, 0.3) is 5.91 Å². The highest BCUT2D eigenvalue weighted by atomic mass is 19.1. The number of hydrogen-bond donors (Lipinski definition) is 3. The Kier molecular flexibility index (Phi) is 3.04. The predicted molar refractivity (Wildman–Crippen MR) is 57.8 cm³/mol. The van der Waals surface area contributed by atoms with Crippen LogP contribution in [0.15, 0.2) is 30.7 Å². The van der Waals surface area contributed by atoms with E-state index in [0.29, 0.717) is 5.69 Å². The molecule has 2 aromatic rings.